The number of aromatic amines is 1. The third-order valence-electron chi connectivity index (χ3n) is 3.87. The molecule has 0 unspecified atom stereocenters. The van der Waals surface area contributed by atoms with Crippen molar-refractivity contribution in [1.82, 2.24) is 9.97 Å². The lowest BCUT2D eigenvalue weighted by molar-refractivity contribution is 1.42. The molecule has 1 N–H and O–H groups in total. The molecule has 0 atom stereocenters. The highest BCUT2D eigenvalue weighted by atomic mass is 32.1. The van der Waals surface area contributed by atoms with E-state index in [0.29, 0.717) is 0 Å². The van der Waals surface area contributed by atoms with E-state index in [-0.39, 0.29) is 0 Å². The quantitative estimate of drug-likeness (QED) is 0.419. The minimum absolute atomic E-state index is 1.06. The van der Waals surface area contributed by atoms with E-state index in [0.717, 1.165) is 11.0 Å². The van der Waals surface area contributed by atoms with Crippen LogP contribution in [0.5, 0.6) is 0 Å². The maximum absolute atomic E-state index is 4.51. The largest absolute Gasteiger partial charge is 0.353 e. The van der Waals surface area contributed by atoms with Crippen LogP contribution < -0.4 is 0 Å². The number of nitrogens with zero attached hydrogens (tertiary/aromatic N) is 1. The van der Waals surface area contributed by atoms with Gasteiger partial charge >= 0.3 is 0 Å². The van der Waals surface area contributed by atoms with Crippen LogP contribution in [0.1, 0.15) is 0 Å². The molecule has 0 saturated carbocycles. The molecule has 3 aromatic heterocycles. The van der Waals surface area contributed by atoms with Crippen molar-refractivity contribution in [2.45, 2.75) is 0 Å². The van der Waals surface area contributed by atoms with E-state index in [1.165, 1.54) is 31.1 Å². The van der Waals surface area contributed by atoms with Crippen LogP contribution >= 0.6 is 11.3 Å². The van der Waals surface area contributed by atoms with Crippen LogP contribution in [0.25, 0.3) is 42.1 Å². The Morgan fingerprint density at radius 1 is 0.850 bits per heavy atom. The van der Waals surface area contributed by atoms with Gasteiger partial charge in [-0.3, -0.25) is 4.98 Å². The third kappa shape index (κ3) is 1.20. The molecule has 3 heteroatoms. The minimum Gasteiger partial charge on any atom is -0.353 e. The molecule has 0 aliphatic rings. The lowest BCUT2D eigenvalue weighted by Crippen LogP contribution is -1.71. The number of aromatic nitrogens is 2. The second-order valence-corrected chi connectivity index (χ2v) is 6.07. The van der Waals surface area contributed by atoms with Gasteiger partial charge in [0.2, 0.25) is 0 Å². The van der Waals surface area contributed by atoms with Gasteiger partial charge in [0.15, 0.2) is 0 Å². The molecule has 2 aromatic carbocycles. The molecule has 3 heterocycles. The fourth-order valence-electron chi connectivity index (χ4n) is 3.00. The molecular formula is C17H10N2S. The first-order chi connectivity index (χ1) is 9.92. The molecule has 0 aliphatic heterocycles. The van der Waals surface area contributed by atoms with Gasteiger partial charge in [0, 0.05) is 31.8 Å². The number of rotatable bonds is 0. The Labute approximate surface area is 118 Å². The van der Waals surface area contributed by atoms with Crippen molar-refractivity contribution in [3.63, 3.8) is 0 Å². The van der Waals surface area contributed by atoms with Crippen LogP contribution in [0.4, 0.5) is 0 Å². The number of pyridine rings is 1. The molecule has 0 amide bonds. The minimum atomic E-state index is 1.06. The van der Waals surface area contributed by atoms with Crippen molar-refractivity contribution in [2.75, 3.05) is 0 Å². The van der Waals surface area contributed by atoms with E-state index >= 15 is 0 Å². The maximum atomic E-state index is 4.51. The Bertz CT molecular complexity index is 1100. The zero-order valence-electron chi connectivity index (χ0n) is 10.6. The summed E-state index contributed by atoms with van der Waals surface area (Å²) in [6, 6.07) is 17.0. The molecule has 0 aliphatic carbocycles. The van der Waals surface area contributed by atoms with E-state index in [1.807, 2.05) is 23.6 Å². The van der Waals surface area contributed by atoms with Gasteiger partial charge in [-0.1, -0.05) is 18.2 Å². The fraction of sp³-hybridized carbons (Fsp3) is 0. The molecule has 0 bridgehead atoms. The molecule has 0 spiro atoms. The molecule has 0 fully saturated rings. The molecule has 20 heavy (non-hydrogen) atoms. The molecule has 2 nitrogen and oxygen atoms in total. The fourth-order valence-corrected chi connectivity index (χ4v) is 4.11. The van der Waals surface area contributed by atoms with Gasteiger partial charge in [-0.05, 0) is 30.3 Å². The van der Waals surface area contributed by atoms with E-state index in [1.54, 1.807) is 0 Å². The van der Waals surface area contributed by atoms with Gasteiger partial charge in [-0.15, -0.1) is 11.3 Å². The zero-order valence-corrected chi connectivity index (χ0v) is 11.4. The topological polar surface area (TPSA) is 28.7 Å². The third-order valence-corrected chi connectivity index (χ3v) is 5.00. The van der Waals surface area contributed by atoms with Gasteiger partial charge in [-0.2, -0.15) is 0 Å². The predicted octanol–water partition coefficient (Wildman–Crippen LogP) is 5.08. The van der Waals surface area contributed by atoms with E-state index in [9.17, 15) is 0 Å². The average molecular weight is 274 g/mol. The summed E-state index contributed by atoms with van der Waals surface area (Å²) >= 11 is 1.85. The van der Waals surface area contributed by atoms with Gasteiger partial charge in [0.25, 0.3) is 0 Å². The van der Waals surface area contributed by atoms with E-state index in [4.69, 9.17) is 0 Å². The summed E-state index contributed by atoms with van der Waals surface area (Å²) in [5.74, 6) is 0. The van der Waals surface area contributed by atoms with Crippen molar-refractivity contribution < 1.29 is 0 Å². The van der Waals surface area contributed by atoms with Crippen LogP contribution in [0.2, 0.25) is 0 Å². The first kappa shape index (κ1) is 10.4. The average Bonchev–Trinajstić information content (AvgIpc) is 3.04. The first-order valence-electron chi connectivity index (χ1n) is 6.58. The molecular weight excluding hydrogens is 264 g/mol. The lowest BCUT2D eigenvalue weighted by Gasteiger charge is -1.94. The normalized spacial score (nSPS) is 12.0. The van der Waals surface area contributed by atoms with E-state index < -0.39 is 0 Å². The molecule has 5 rings (SSSR count). The number of benzene rings is 2. The van der Waals surface area contributed by atoms with Gasteiger partial charge in [0.05, 0.1) is 16.6 Å². The summed E-state index contributed by atoms with van der Waals surface area (Å²) in [6.45, 7) is 0. The Morgan fingerprint density at radius 2 is 1.80 bits per heavy atom. The maximum Gasteiger partial charge on any atom is 0.0957 e. The van der Waals surface area contributed by atoms with Crippen molar-refractivity contribution in [2.24, 2.45) is 0 Å². The molecule has 5 aromatic rings. The highest BCUT2D eigenvalue weighted by Crippen LogP contribution is 2.39. The Hall–Kier alpha value is -2.39. The van der Waals surface area contributed by atoms with Crippen molar-refractivity contribution >= 4 is 53.4 Å². The summed E-state index contributed by atoms with van der Waals surface area (Å²) in [4.78, 5) is 8.06. The van der Waals surface area contributed by atoms with Crippen LogP contribution in [-0.4, -0.2) is 9.97 Å². The van der Waals surface area contributed by atoms with E-state index in [2.05, 4.69) is 52.4 Å². The van der Waals surface area contributed by atoms with Gasteiger partial charge < -0.3 is 4.98 Å². The van der Waals surface area contributed by atoms with Crippen molar-refractivity contribution in [3.05, 3.63) is 54.7 Å². The zero-order chi connectivity index (χ0) is 13.1. The van der Waals surface area contributed by atoms with Gasteiger partial charge in [0.1, 0.15) is 0 Å². The summed E-state index contributed by atoms with van der Waals surface area (Å²) in [5.41, 5.74) is 3.36. The second kappa shape index (κ2) is 3.58. The standard InChI is InChI=1S/C17H10N2S/c1-2-6-13-10(4-1)15-14(20-13)8-7-11-16-12(19-17(11)15)5-3-9-18-16/h1-9,19H. The number of fused-ring (bicyclic) bond motifs is 7. The first-order valence-corrected chi connectivity index (χ1v) is 7.40. The Balaban J connectivity index is 2.14. The monoisotopic (exact) mass is 274 g/mol. The van der Waals surface area contributed by atoms with Crippen LogP contribution in [0, 0.1) is 0 Å². The summed E-state index contributed by atoms with van der Waals surface area (Å²) in [7, 11) is 0. The second-order valence-electron chi connectivity index (χ2n) is 4.98. The van der Waals surface area contributed by atoms with Crippen molar-refractivity contribution in [1.29, 1.82) is 0 Å². The van der Waals surface area contributed by atoms with Gasteiger partial charge in [-0.25, -0.2) is 0 Å². The number of hydrogen-bond acceptors (Lipinski definition) is 2. The number of H-pyrrole nitrogens is 1. The summed E-state index contributed by atoms with van der Waals surface area (Å²) < 4.78 is 2.66. The Morgan fingerprint density at radius 3 is 2.80 bits per heavy atom. The SMILES string of the molecule is c1cnc2c(c1)[nH]c1c2ccc2sc3ccccc3c21. The highest BCUT2D eigenvalue weighted by molar-refractivity contribution is 7.26. The Kier molecular flexibility index (Phi) is 1.86. The van der Waals surface area contributed by atoms with Crippen LogP contribution in [0.3, 0.4) is 0 Å². The summed E-state index contributed by atoms with van der Waals surface area (Å²) in [6.07, 6.45) is 1.85. The lowest BCUT2D eigenvalue weighted by atomic mass is 10.1. The molecule has 0 saturated heterocycles. The van der Waals surface area contributed by atoms with Crippen LogP contribution in [-0.2, 0) is 0 Å². The smallest absolute Gasteiger partial charge is 0.0957 e. The number of nitrogens with one attached hydrogen (secondary N) is 1. The highest BCUT2D eigenvalue weighted by Gasteiger charge is 2.12. The number of thiophene rings is 1. The van der Waals surface area contributed by atoms with Crippen molar-refractivity contribution in [3.8, 4) is 0 Å². The molecule has 0 radical (unpaired) electrons. The molecule has 94 valence electrons. The number of hydrogen-bond donors (Lipinski definition) is 1. The summed E-state index contributed by atoms with van der Waals surface area (Å²) in [5, 5.41) is 3.85. The predicted molar refractivity (Wildman–Crippen MR) is 86.5 cm³/mol. The van der Waals surface area contributed by atoms with Crippen LogP contribution in [0.15, 0.2) is 54.7 Å².